The quantitative estimate of drug-likeness (QED) is 0.918. The van der Waals surface area contributed by atoms with E-state index in [4.69, 9.17) is 9.47 Å². The molecule has 20 heavy (non-hydrogen) atoms. The maximum atomic E-state index is 6.17. The number of anilines is 1. The van der Waals surface area contributed by atoms with Crippen LogP contribution in [0.4, 0.5) is 5.69 Å². The molecule has 0 spiro atoms. The molecule has 2 aliphatic rings. The van der Waals surface area contributed by atoms with E-state index in [1.165, 1.54) is 11.3 Å². The monoisotopic (exact) mass is 276 g/mol. The number of benzene rings is 1. The van der Waals surface area contributed by atoms with Crippen LogP contribution in [0.15, 0.2) is 12.1 Å². The minimum Gasteiger partial charge on any atom is -0.484 e. The zero-order valence-corrected chi connectivity index (χ0v) is 12.4. The highest BCUT2D eigenvalue weighted by Gasteiger charge is 2.27. The van der Waals surface area contributed by atoms with Crippen molar-refractivity contribution in [3.8, 4) is 11.5 Å². The summed E-state index contributed by atoms with van der Waals surface area (Å²) in [6.07, 6.45) is 2.15. The highest BCUT2D eigenvalue weighted by Crippen LogP contribution is 2.43. The minimum absolute atomic E-state index is 0.186. The van der Waals surface area contributed by atoms with Gasteiger partial charge >= 0.3 is 0 Å². The van der Waals surface area contributed by atoms with Crippen molar-refractivity contribution in [3.63, 3.8) is 0 Å². The third kappa shape index (κ3) is 2.44. The number of ether oxygens (including phenoxy) is 2. The van der Waals surface area contributed by atoms with Gasteiger partial charge in [0.2, 0.25) is 0 Å². The molecule has 0 aromatic heterocycles. The first-order chi connectivity index (χ1) is 9.83. The first-order valence-electron chi connectivity index (χ1n) is 7.74. The Morgan fingerprint density at radius 1 is 1.20 bits per heavy atom. The second-order valence-electron chi connectivity index (χ2n) is 5.45. The predicted molar refractivity (Wildman–Crippen MR) is 81.1 cm³/mol. The predicted octanol–water partition coefficient (Wildman–Crippen LogP) is 2.21. The Morgan fingerprint density at radius 2 is 2.00 bits per heavy atom. The topological polar surface area (TPSA) is 33.7 Å². The Balaban J connectivity index is 1.96. The maximum absolute atomic E-state index is 6.17. The molecule has 0 aliphatic carbocycles. The number of fused-ring (bicyclic) bond motifs is 1. The van der Waals surface area contributed by atoms with Crippen molar-refractivity contribution in [2.45, 2.75) is 32.8 Å². The van der Waals surface area contributed by atoms with Crippen LogP contribution in [0.1, 0.15) is 25.8 Å². The van der Waals surface area contributed by atoms with Gasteiger partial charge in [0.05, 0.1) is 5.69 Å². The molecule has 0 radical (unpaired) electrons. The van der Waals surface area contributed by atoms with Gasteiger partial charge in [0, 0.05) is 26.2 Å². The van der Waals surface area contributed by atoms with Crippen molar-refractivity contribution in [2.75, 3.05) is 37.7 Å². The lowest BCUT2D eigenvalue weighted by Crippen LogP contribution is -2.44. The Kier molecular flexibility index (Phi) is 4.01. The van der Waals surface area contributed by atoms with Crippen molar-refractivity contribution in [3.05, 3.63) is 17.7 Å². The van der Waals surface area contributed by atoms with E-state index in [0.29, 0.717) is 6.61 Å². The molecule has 1 fully saturated rings. The zero-order chi connectivity index (χ0) is 13.9. The van der Waals surface area contributed by atoms with Gasteiger partial charge < -0.3 is 19.7 Å². The van der Waals surface area contributed by atoms with E-state index in [9.17, 15) is 0 Å². The fourth-order valence-corrected chi connectivity index (χ4v) is 2.87. The first kappa shape index (κ1) is 13.6. The van der Waals surface area contributed by atoms with Crippen molar-refractivity contribution in [1.29, 1.82) is 0 Å². The highest BCUT2D eigenvalue weighted by atomic mass is 16.6. The molecule has 2 heterocycles. The van der Waals surface area contributed by atoms with E-state index in [0.717, 1.165) is 50.5 Å². The fraction of sp³-hybridized carbons (Fsp3) is 0.625. The molecule has 1 aromatic carbocycles. The molecule has 2 aliphatic heterocycles. The molecule has 1 atom stereocenters. The normalized spacial score (nSPS) is 21.9. The lowest BCUT2D eigenvalue weighted by Gasteiger charge is -2.35. The number of piperazine rings is 1. The Labute approximate surface area is 121 Å². The second-order valence-corrected chi connectivity index (χ2v) is 5.45. The summed E-state index contributed by atoms with van der Waals surface area (Å²) in [5.74, 6) is 1.93. The van der Waals surface area contributed by atoms with Crippen molar-refractivity contribution < 1.29 is 9.47 Å². The highest BCUT2D eigenvalue weighted by molar-refractivity contribution is 5.68. The van der Waals surface area contributed by atoms with Gasteiger partial charge in [0.15, 0.2) is 11.5 Å². The van der Waals surface area contributed by atoms with Crippen LogP contribution in [0.3, 0.4) is 0 Å². The molecule has 1 N–H and O–H groups in total. The van der Waals surface area contributed by atoms with Crippen LogP contribution in [-0.4, -0.2) is 38.9 Å². The van der Waals surface area contributed by atoms with Gasteiger partial charge in [0.1, 0.15) is 12.7 Å². The minimum atomic E-state index is 0.186. The van der Waals surface area contributed by atoms with Crippen LogP contribution in [0.5, 0.6) is 11.5 Å². The largest absolute Gasteiger partial charge is 0.484 e. The van der Waals surface area contributed by atoms with Gasteiger partial charge in [-0.2, -0.15) is 0 Å². The summed E-state index contributed by atoms with van der Waals surface area (Å²) in [4.78, 5) is 2.39. The SMILES string of the molecule is CCc1ccc(N2CCNCC2)c2c1OC(CC)CO2. The zero-order valence-electron chi connectivity index (χ0n) is 12.4. The average molecular weight is 276 g/mol. The molecular weight excluding hydrogens is 252 g/mol. The molecule has 0 amide bonds. The molecule has 4 nitrogen and oxygen atoms in total. The van der Waals surface area contributed by atoms with E-state index >= 15 is 0 Å². The van der Waals surface area contributed by atoms with E-state index in [2.05, 4.69) is 36.2 Å². The molecule has 110 valence electrons. The Morgan fingerprint density at radius 3 is 2.70 bits per heavy atom. The van der Waals surface area contributed by atoms with Gasteiger partial charge in [-0.1, -0.05) is 19.9 Å². The van der Waals surface area contributed by atoms with Crippen LogP contribution < -0.4 is 19.7 Å². The summed E-state index contributed by atoms with van der Waals surface area (Å²) in [6.45, 7) is 9.09. The molecule has 1 unspecified atom stereocenters. The molecule has 0 bridgehead atoms. The van der Waals surface area contributed by atoms with E-state index in [1.807, 2.05) is 0 Å². The maximum Gasteiger partial charge on any atom is 0.184 e. The van der Waals surface area contributed by atoms with Gasteiger partial charge in [-0.25, -0.2) is 0 Å². The summed E-state index contributed by atoms with van der Waals surface area (Å²) < 4.78 is 12.2. The molecular formula is C16H24N2O2. The van der Waals surface area contributed by atoms with Gasteiger partial charge in [0.25, 0.3) is 0 Å². The van der Waals surface area contributed by atoms with Crippen LogP contribution in [0.25, 0.3) is 0 Å². The number of aryl methyl sites for hydroxylation is 1. The molecule has 1 aromatic rings. The molecule has 3 rings (SSSR count). The lowest BCUT2D eigenvalue weighted by molar-refractivity contribution is 0.0876. The van der Waals surface area contributed by atoms with Crippen LogP contribution in [0, 0.1) is 0 Å². The van der Waals surface area contributed by atoms with Gasteiger partial charge in [-0.05, 0) is 24.5 Å². The number of nitrogens with zero attached hydrogens (tertiary/aromatic N) is 1. The fourth-order valence-electron chi connectivity index (χ4n) is 2.87. The van der Waals surface area contributed by atoms with Gasteiger partial charge in [-0.15, -0.1) is 0 Å². The summed E-state index contributed by atoms with van der Waals surface area (Å²) in [7, 11) is 0. The third-order valence-electron chi connectivity index (χ3n) is 4.16. The Bertz CT molecular complexity index is 470. The molecule has 4 heteroatoms. The van der Waals surface area contributed by atoms with Crippen molar-refractivity contribution in [2.24, 2.45) is 0 Å². The standard InChI is InChI=1S/C16H24N2O2/c1-3-12-5-6-14(18-9-7-17-8-10-18)16-15(12)20-13(4-2)11-19-16/h5-6,13,17H,3-4,7-11H2,1-2H3. The van der Waals surface area contributed by atoms with Crippen LogP contribution in [0.2, 0.25) is 0 Å². The summed E-state index contributed by atoms with van der Waals surface area (Å²) >= 11 is 0. The van der Waals surface area contributed by atoms with E-state index < -0.39 is 0 Å². The smallest absolute Gasteiger partial charge is 0.184 e. The number of nitrogens with one attached hydrogen (secondary N) is 1. The number of rotatable bonds is 3. The van der Waals surface area contributed by atoms with E-state index in [-0.39, 0.29) is 6.10 Å². The van der Waals surface area contributed by atoms with Crippen molar-refractivity contribution in [1.82, 2.24) is 5.32 Å². The summed E-state index contributed by atoms with van der Waals surface area (Å²) in [5.41, 5.74) is 2.44. The van der Waals surface area contributed by atoms with E-state index in [1.54, 1.807) is 0 Å². The molecule has 0 saturated carbocycles. The number of hydrogen-bond donors (Lipinski definition) is 1. The second kappa shape index (κ2) is 5.92. The van der Waals surface area contributed by atoms with Crippen LogP contribution in [-0.2, 0) is 6.42 Å². The molecule has 1 saturated heterocycles. The third-order valence-corrected chi connectivity index (χ3v) is 4.16. The lowest BCUT2D eigenvalue weighted by atomic mass is 10.1. The van der Waals surface area contributed by atoms with Crippen molar-refractivity contribution >= 4 is 5.69 Å². The Hall–Kier alpha value is -1.42. The number of hydrogen-bond acceptors (Lipinski definition) is 4. The van der Waals surface area contributed by atoms with Crippen LogP contribution >= 0.6 is 0 Å². The summed E-state index contributed by atoms with van der Waals surface area (Å²) in [6, 6.07) is 4.39. The van der Waals surface area contributed by atoms with Gasteiger partial charge in [-0.3, -0.25) is 0 Å². The average Bonchev–Trinajstić information content (AvgIpc) is 2.54. The first-order valence-corrected chi connectivity index (χ1v) is 7.74. The summed E-state index contributed by atoms with van der Waals surface area (Å²) in [5, 5.41) is 3.39.